The van der Waals surface area contributed by atoms with E-state index in [9.17, 15) is 0 Å². The minimum atomic E-state index is 0.320. The molecule has 3 atom stereocenters. The van der Waals surface area contributed by atoms with Crippen LogP contribution in [0, 0.1) is 11.8 Å². The zero-order chi connectivity index (χ0) is 12.2. The maximum Gasteiger partial charge on any atom is 0.0345 e. The van der Waals surface area contributed by atoms with E-state index in [0.717, 1.165) is 12.5 Å². The molecule has 1 aromatic rings. The van der Waals surface area contributed by atoms with E-state index in [1.807, 2.05) is 11.3 Å². The highest BCUT2D eigenvalue weighted by Gasteiger charge is 2.54. The molecule has 0 amide bonds. The van der Waals surface area contributed by atoms with Crippen molar-refractivity contribution < 1.29 is 0 Å². The smallest absolute Gasteiger partial charge is 0.0345 e. The summed E-state index contributed by atoms with van der Waals surface area (Å²) in [4.78, 5) is 6.94. The summed E-state index contributed by atoms with van der Waals surface area (Å²) >= 11 is 1.93. The summed E-state index contributed by atoms with van der Waals surface area (Å²) in [7, 11) is 0. The average molecular weight is 263 g/mol. The second-order valence-electron chi connectivity index (χ2n) is 6.21. The topological polar surface area (TPSA) is 32.5 Å². The van der Waals surface area contributed by atoms with Crippen molar-refractivity contribution in [3.63, 3.8) is 0 Å². The third kappa shape index (κ3) is 1.46. The molecule has 5 heterocycles. The van der Waals surface area contributed by atoms with Crippen LogP contribution in [0.25, 0.3) is 0 Å². The van der Waals surface area contributed by atoms with E-state index in [4.69, 9.17) is 5.73 Å². The number of piperidine rings is 2. The lowest BCUT2D eigenvalue weighted by Gasteiger charge is -2.55. The standard InChI is InChI=1S/C14H21N3S/c15-6-12-11-7-16-3-4-17(8-11)10-14(12,9-16)13-2-1-5-18-13/h1-2,5,11-12H,3-4,6-10,15H2. The van der Waals surface area contributed by atoms with Gasteiger partial charge in [-0.2, -0.15) is 0 Å². The first kappa shape index (κ1) is 11.4. The lowest BCUT2D eigenvalue weighted by atomic mass is 9.63. The first-order valence-electron chi connectivity index (χ1n) is 7.00. The van der Waals surface area contributed by atoms with Crippen LogP contribution in [-0.4, -0.2) is 55.6 Å². The van der Waals surface area contributed by atoms with Gasteiger partial charge in [-0.25, -0.2) is 0 Å². The Bertz CT molecular complexity index is 414. The molecule has 0 aromatic carbocycles. The second kappa shape index (κ2) is 4.04. The molecule has 4 saturated heterocycles. The molecule has 4 heteroatoms. The van der Waals surface area contributed by atoms with Crippen LogP contribution >= 0.6 is 11.3 Å². The van der Waals surface area contributed by atoms with E-state index in [2.05, 4.69) is 27.3 Å². The Labute approximate surface area is 113 Å². The Hall–Kier alpha value is -0.420. The molecular weight excluding hydrogens is 242 g/mol. The van der Waals surface area contributed by atoms with Gasteiger partial charge < -0.3 is 15.5 Å². The molecule has 0 radical (unpaired) electrons. The van der Waals surface area contributed by atoms with Crippen molar-refractivity contribution >= 4 is 11.3 Å². The Morgan fingerprint density at radius 1 is 1.28 bits per heavy atom. The predicted octanol–water partition coefficient (Wildman–Crippen LogP) is 0.822. The van der Waals surface area contributed by atoms with Crippen LogP contribution in [0.15, 0.2) is 17.5 Å². The van der Waals surface area contributed by atoms with Crippen molar-refractivity contribution in [2.75, 3.05) is 45.8 Å². The lowest BCUT2D eigenvalue weighted by Crippen LogP contribution is -2.64. The summed E-state index contributed by atoms with van der Waals surface area (Å²) in [5.41, 5.74) is 6.48. The number of hydrogen-bond acceptors (Lipinski definition) is 4. The Kier molecular flexibility index (Phi) is 2.56. The van der Waals surface area contributed by atoms with E-state index >= 15 is 0 Å². The summed E-state index contributed by atoms with van der Waals surface area (Å²) in [6, 6.07) is 4.54. The molecule has 4 fully saturated rings. The molecule has 4 aliphatic heterocycles. The number of nitrogens with two attached hydrogens (primary N) is 1. The fourth-order valence-electron chi connectivity index (χ4n) is 4.58. The van der Waals surface area contributed by atoms with Crippen molar-refractivity contribution in [2.24, 2.45) is 17.6 Å². The highest BCUT2D eigenvalue weighted by Crippen LogP contribution is 2.47. The van der Waals surface area contributed by atoms with E-state index < -0.39 is 0 Å². The van der Waals surface area contributed by atoms with Gasteiger partial charge in [-0.1, -0.05) is 6.07 Å². The average Bonchev–Trinajstić information content (AvgIpc) is 2.80. The highest BCUT2D eigenvalue weighted by molar-refractivity contribution is 7.10. The van der Waals surface area contributed by atoms with Crippen LogP contribution in [0.3, 0.4) is 0 Å². The van der Waals surface area contributed by atoms with Gasteiger partial charge in [-0.05, 0) is 29.8 Å². The zero-order valence-electron chi connectivity index (χ0n) is 10.7. The predicted molar refractivity (Wildman–Crippen MR) is 74.9 cm³/mol. The number of hydrogen-bond donors (Lipinski definition) is 1. The van der Waals surface area contributed by atoms with Gasteiger partial charge in [0.1, 0.15) is 0 Å². The largest absolute Gasteiger partial charge is 0.330 e. The van der Waals surface area contributed by atoms with E-state index in [1.165, 1.54) is 39.3 Å². The van der Waals surface area contributed by atoms with E-state index in [0.29, 0.717) is 11.3 Å². The quantitative estimate of drug-likeness (QED) is 0.857. The molecule has 18 heavy (non-hydrogen) atoms. The molecule has 5 rings (SSSR count). The third-order valence-corrected chi connectivity index (χ3v) is 6.36. The van der Waals surface area contributed by atoms with E-state index in [-0.39, 0.29) is 0 Å². The molecule has 0 saturated carbocycles. The van der Waals surface area contributed by atoms with Crippen LogP contribution in [-0.2, 0) is 5.41 Å². The highest BCUT2D eigenvalue weighted by atomic mass is 32.1. The Morgan fingerprint density at radius 3 is 2.56 bits per heavy atom. The van der Waals surface area contributed by atoms with Crippen molar-refractivity contribution in [1.29, 1.82) is 0 Å². The van der Waals surface area contributed by atoms with Gasteiger partial charge in [-0.15, -0.1) is 11.3 Å². The van der Waals surface area contributed by atoms with Gasteiger partial charge in [0.2, 0.25) is 0 Å². The molecular formula is C14H21N3S. The Morgan fingerprint density at radius 2 is 2.00 bits per heavy atom. The molecule has 1 aromatic heterocycles. The van der Waals surface area contributed by atoms with Crippen molar-refractivity contribution in [1.82, 2.24) is 9.80 Å². The van der Waals surface area contributed by atoms with Gasteiger partial charge >= 0.3 is 0 Å². The second-order valence-corrected chi connectivity index (χ2v) is 7.15. The molecule has 0 spiro atoms. The van der Waals surface area contributed by atoms with Gasteiger partial charge in [0.25, 0.3) is 0 Å². The summed E-state index contributed by atoms with van der Waals surface area (Å²) in [5.74, 6) is 1.46. The summed E-state index contributed by atoms with van der Waals surface area (Å²) in [6.07, 6.45) is 0. The number of rotatable bonds is 2. The zero-order valence-corrected chi connectivity index (χ0v) is 11.5. The van der Waals surface area contributed by atoms with Crippen LogP contribution in [0.1, 0.15) is 4.88 Å². The summed E-state index contributed by atoms with van der Waals surface area (Å²) < 4.78 is 0. The number of nitrogens with zero attached hydrogens (tertiary/aromatic N) is 2. The van der Waals surface area contributed by atoms with Crippen molar-refractivity contribution in [3.8, 4) is 0 Å². The molecule has 4 bridgehead atoms. The number of fused-ring (bicyclic) bond motifs is 1. The maximum absolute atomic E-state index is 6.16. The molecule has 2 N–H and O–H groups in total. The summed E-state index contributed by atoms with van der Waals surface area (Å²) in [6.45, 7) is 8.34. The third-order valence-electron chi connectivity index (χ3n) is 5.27. The molecule has 0 aliphatic carbocycles. The van der Waals surface area contributed by atoms with Gasteiger partial charge in [0.05, 0.1) is 0 Å². The van der Waals surface area contributed by atoms with Crippen LogP contribution < -0.4 is 5.73 Å². The molecule has 4 aliphatic rings. The SMILES string of the molecule is NCC1C2CN3CCN(C2)CC1(c1cccs1)C3. The lowest BCUT2D eigenvalue weighted by molar-refractivity contribution is -0.000447. The van der Waals surface area contributed by atoms with Crippen molar-refractivity contribution in [3.05, 3.63) is 22.4 Å². The molecule has 98 valence electrons. The molecule has 3 unspecified atom stereocenters. The van der Waals surface area contributed by atoms with Gasteiger partial charge in [0.15, 0.2) is 0 Å². The van der Waals surface area contributed by atoms with Gasteiger partial charge in [-0.3, -0.25) is 0 Å². The van der Waals surface area contributed by atoms with Gasteiger partial charge in [0, 0.05) is 49.6 Å². The van der Waals surface area contributed by atoms with Crippen LogP contribution in [0.5, 0.6) is 0 Å². The fraction of sp³-hybridized carbons (Fsp3) is 0.714. The first-order chi connectivity index (χ1) is 8.82. The minimum Gasteiger partial charge on any atom is -0.330 e. The first-order valence-corrected chi connectivity index (χ1v) is 7.88. The number of thiophene rings is 1. The van der Waals surface area contributed by atoms with Crippen molar-refractivity contribution in [2.45, 2.75) is 5.41 Å². The maximum atomic E-state index is 6.16. The fourth-order valence-corrected chi connectivity index (χ4v) is 5.56. The van der Waals surface area contributed by atoms with Crippen LogP contribution in [0.4, 0.5) is 0 Å². The summed E-state index contributed by atoms with van der Waals surface area (Å²) in [5, 5.41) is 2.22. The Balaban J connectivity index is 1.83. The molecule has 3 nitrogen and oxygen atoms in total. The van der Waals surface area contributed by atoms with Crippen LogP contribution in [0.2, 0.25) is 0 Å². The minimum absolute atomic E-state index is 0.320. The monoisotopic (exact) mass is 263 g/mol. The van der Waals surface area contributed by atoms with E-state index in [1.54, 1.807) is 4.88 Å². The normalized spacial score (nSPS) is 46.3.